The minimum Gasteiger partial charge on any atom is -0.486 e. The van der Waals surface area contributed by atoms with Gasteiger partial charge in [0.1, 0.15) is 30.5 Å². The van der Waals surface area contributed by atoms with Crippen molar-refractivity contribution in [3.05, 3.63) is 51.4 Å². The third kappa shape index (κ3) is 5.03. The largest absolute Gasteiger partial charge is 0.486 e. The van der Waals surface area contributed by atoms with Crippen LogP contribution in [0.3, 0.4) is 0 Å². The van der Waals surface area contributed by atoms with Crippen LogP contribution in [-0.4, -0.2) is 36.3 Å². The Morgan fingerprint density at radius 3 is 2.65 bits per heavy atom. The summed E-state index contributed by atoms with van der Waals surface area (Å²) in [5, 5.41) is 12.0. The molecule has 1 N–H and O–H groups in total. The molecule has 0 spiro atoms. The van der Waals surface area contributed by atoms with Crippen molar-refractivity contribution in [2.75, 3.05) is 25.1 Å². The number of aryl methyl sites for hydroxylation is 1. The van der Waals surface area contributed by atoms with E-state index >= 15 is 0 Å². The molecule has 31 heavy (non-hydrogen) atoms. The van der Waals surface area contributed by atoms with Gasteiger partial charge in [0.25, 0.3) is 11.5 Å². The molecule has 0 radical (unpaired) electrons. The lowest BCUT2D eigenvalue weighted by molar-refractivity contribution is -0.139. The molecule has 2 heterocycles. The molecule has 1 aromatic heterocycles. The zero-order valence-corrected chi connectivity index (χ0v) is 17.0. The summed E-state index contributed by atoms with van der Waals surface area (Å²) in [4.78, 5) is 36.5. The number of carbonyl (C=O) groups is 2. The standard InChI is InChI=1S/C22H19N3O6/c1-14-11-18(21(27)24-16-5-6-19-20(12-16)31-10-9-30-19)25(22(28)17(14)13-23)7-3-4-8-29-15(2)26/h5-6,11-12H,7-10H2,1-2H3,(H,24,27). The molecular weight excluding hydrogens is 402 g/mol. The first-order chi connectivity index (χ1) is 14.9. The molecule has 1 aromatic carbocycles. The predicted molar refractivity (Wildman–Crippen MR) is 110 cm³/mol. The van der Waals surface area contributed by atoms with Gasteiger partial charge >= 0.3 is 5.97 Å². The van der Waals surface area contributed by atoms with E-state index < -0.39 is 17.4 Å². The molecule has 0 atom stereocenters. The summed E-state index contributed by atoms with van der Waals surface area (Å²) in [7, 11) is 0. The number of nitrogens with one attached hydrogen (secondary N) is 1. The second-order valence-corrected chi connectivity index (χ2v) is 6.54. The highest BCUT2D eigenvalue weighted by molar-refractivity contribution is 6.03. The number of fused-ring (bicyclic) bond motifs is 1. The highest BCUT2D eigenvalue weighted by Gasteiger charge is 2.19. The number of benzene rings is 1. The Bertz CT molecular complexity index is 1200. The minimum atomic E-state index is -0.628. The van der Waals surface area contributed by atoms with Gasteiger partial charge in [0.15, 0.2) is 18.1 Å². The number of hydrogen-bond donors (Lipinski definition) is 1. The van der Waals surface area contributed by atoms with Gasteiger partial charge in [-0.05, 0) is 30.7 Å². The topological polar surface area (TPSA) is 120 Å². The molecule has 0 fully saturated rings. The Morgan fingerprint density at radius 1 is 1.19 bits per heavy atom. The van der Waals surface area contributed by atoms with Gasteiger partial charge in [-0.1, -0.05) is 11.8 Å². The third-order valence-electron chi connectivity index (χ3n) is 4.35. The number of nitriles is 1. The van der Waals surface area contributed by atoms with Crippen LogP contribution >= 0.6 is 0 Å². The summed E-state index contributed by atoms with van der Waals surface area (Å²) in [5.74, 6) is 5.33. The molecule has 158 valence electrons. The second kappa shape index (κ2) is 9.51. The molecule has 0 saturated heterocycles. The number of carbonyl (C=O) groups excluding carboxylic acids is 2. The van der Waals surface area contributed by atoms with E-state index in [0.717, 1.165) is 4.57 Å². The SMILES string of the molecule is CC(=O)OCC#CCn1c(C(=O)Nc2ccc3c(c2)OCCO3)cc(C)c(C#N)c1=O. The Labute approximate surface area is 178 Å². The van der Waals surface area contributed by atoms with Crippen LogP contribution in [-0.2, 0) is 16.1 Å². The number of amides is 1. The van der Waals surface area contributed by atoms with Crippen LogP contribution in [0.4, 0.5) is 5.69 Å². The van der Waals surface area contributed by atoms with Crippen molar-refractivity contribution in [1.29, 1.82) is 5.26 Å². The van der Waals surface area contributed by atoms with Gasteiger partial charge in [0.05, 0.1) is 6.54 Å². The zero-order valence-electron chi connectivity index (χ0n) is 17.0. The number of hydrogen-bond acceptors (Lipinski definition) is 7. The summed E-state index contributed by atoms with van der Waals surface area (Å²) >= 11 is 0. The summed E-state index contributed by atoms with van der Waals surface area (Å²) in [6.45, 7) is 3.40. The predicted octanol–water partition coefficient (Wildman–Crippen LogP) is 1.62. The summed E-state index contributed by atoms with van der Waals surface area (Å²) in [5.41, 5.74) is 0.174. The maximum Gasteiger partial charge on any atom is 0.303 e. The van der Waals surface area contributed by atoms with Crippen LogP contribution in [0.2, 0.25) is 0 Å². The van der Waals surface area contributed by atoms with Crippen molar-refractivity contribution in [1.82, 2.24) is 4.57 Å². The van der Waals surface area contributed by atoms with E-state index in [4.69, 9.17) is 14.2 Å². The van der Waals surface area contributed by atoms with Gasteiger partial charge in [-0.25, -0.2) is 0 Å². The quantitative estimate of drug-likeness (QED) is 0.588. The molecular formula is C22H19N3O6. The number of rotatable bonds is 4. The molecule has 1 amide bonds. The van der Waals surface area contributed by atoms with E-state index in [0.29, 0.717) is 36.0 Å². The van der Waals surface area contributed by atoms with Crippen LogP contribution in [0.5, 0.6) is 11.5 Å². The molecule has 1 aliphatic rings. The fraction of sp³-hybridized carbons (Fsp3) is 0.273. The van der Waals surface area contributed by atoms with Crippen molar-refractivity contribution in [3.63, 3.8) is 0 Å². The highest BCUT2D eigenvalue weighted by Crippen LogP contribution is 2.32. The van der Waals surface area contributed by atoms with Gasteiger partial charge in [-0.3, -0.25) is 19.0 Å². The monoisotopic (exact) mass is 421 g/mol. The Morgan fingerprint density at radius 2 is 1.94 bits per heavy atom. The number of anilines is 1. The maximum atomic E-state index is 12.9. The zero-order chi connectivity index (χ0) is 22.4. The van der Waals surface area contributed by atoms with E-state index in [1.54, 1.807) is 25.1 Å². The van der Waals surface area contributed by atoms with Gasteiger partial charge < -0.3 is 19.5 Å². The molecule has 0 aliphatic carbocycles. The number of nitrogens with zero attached hydrogens (tertiary/aromatic N) is 2. The summed E-state index contributed by atoms with van der Waals surface area (Å²) in [6, 6.07) is 8.28. The van der Waals surface area contributed by atoms with Crippen molar-refractivity contribution in [2.24, 2.45) is 0 Å². The minimum absolute atomic E-state index is 0.0400. The van der Waals surface area contributed by atoms with Crippen LogP contribution in [0.25, 0.3) is 0 Å². The summed E-state index contributed by atoms with van der Waals surface area (Å²) in [6.07, 6.45) is 0. The lowest BCUT2D eigenvalue weighted by Crippen LogP contribution is -2.31. The second-order valence-electron chi connectivity index (χ2n) is 6.54. The summed E-state index contributed by atoms with van der Waals surface area (Å²) < 4.78 is 16.8. The van der Waals surface area contributed by atoms with Gasteiger partial charge in [0, 0.05) is 18.7 Å². The first-order valence-corrected chi connectivity index (χ1v) is 9.35. The van der Waals surface area contributed by atoms with Gasteiger partial charge in [0.2, 0.25) is 0 Å². The van der Waals surface area contributed by atoms with E-state index in [9.17, 15) is 19.6 Å². The molecule has 0 bridgehead atoms. The average Bonchev–Trinajstić information content (AvgIpc) is 2.74. The highest BCUT2D eigenvalue weighted by atomic mass is 16.6. The van der Waals surface area contributed by atoms with Crippen molar-refractivity contribution in [3.8, 4) is 29.4 Å². The number of esters is 1. The van der Waals surface area contributed by atoms with Crippen LogP contribution in [0, 0.1) is 30.1 Å². The lowest BCUT2D eigenvalue weighted by Gasteiger charge is -2.19. The smallest absolute Gasteiger partial charge is 0.303 e. The molecule has 2 aromatic rings. The van der Waals surface area contributed by atoms with E-state index in [2.05, 4.69) is 17.2 Å². The Hall–Kier alpha value is -4.24. The van der Waals surface area contributed by atoms with Crippen molar-refractivity contribution in [2.45, 2.75) is 20.4 Å². The Balaban J connectivity index is 1.89. The number of aromatic nitrogens is 1. The van der Waals surface area contributed by atoms with Gasteiger partial charge in [-0.15, -0.1) is 0 Å². The van der Waals surface area contributed by atoms with Crippen molar-refractivity contribution < 1.29 is 23.8 Å². The normalized spacial score (nSPS) is 11.5. The number of pyridine rings is 1. The van der Waals surface area contributed by atoms with Crippen LogP contribution < -0.4 is 20.3 Å². The third-order valence-corrected chi connectivity index (χ3v) is 4.35. The van der Waals surface area contributed by atoms with Crippen LogP contribution in [0.1, 0.15) is 28.5 Å². The van der Waals surface area contributed by atoms with Crippen molar-refractivity contribution >= 4 is 17.6 Å². The molecule has 9 heteroatoms. The van der Waals surface area contributed by atoms with E-state index in [1.165, 1.54) is 13.0 Å². The van der Waals surface area contributed by atoms with E-state index in [-0.39, 0.29) is 24.4 Å². The lowest BCUT2D eigenvalue weighted by atomic mass is 10.1. The molecule has 0 unspecified atom stereocenters. The fourth-order valence-corrected chi connectivity index (χ4v) is 2.89. The molecule has 0 saturated carbocycles. The van der Waals surface area contributed by atoms with Crippen LogP contribution in [0.15, 0.2) is 29.1 Å². The molecule has 3 rings (SSSR count). The Kier molecular flexibility index (Phi) is 6.58. The average molecular weight is 421 g/mol. The fourth-order valence-electron chi connectivity index (χ4n) is 2.89. The first kappa shape index (κ1) is 21.5. The van der Waals surface area contributed by atoms with Gasteiger partial charge in [-0.2, -0.15) is 5.26 Å². The maximum absolute atomic E-state index is 12.9. The first-order valence-electron chi connectivity index (χ1n) is 9.35. The molecule has 9 nitrogen and oxygen atoms in total. The van der Waals surface area contributed by atoms with E-state index in [1.807, 2.05) is 6.07 Å². The molecule has 1 aliphatic heterocycles. The number of ether oxygens (including phenoxy) is 3.